The van der Waals surface area contributed by atoms with Gasteiger partial charge in [-0.25, -0.2) is 0 Å². The zero-order chi connectivity index (χ0) is 13.4. The van der Waals surface area contributed by atoms with Gasteiger partial charge in [-0.05, 0) is 31.3 Å². The Morgan fingerprint density at radius 2 is 1.38 bits per heavy atom. The Bertz CT molecular complexity index is 105. The van der Waals surface area contributed by atoms with Crippen LogP contribution < -0.4 is 5.32 Å². The standard InChI is InChI=1S/C6H12O.C4H9N.2C2H6/c1-6(2,3)4-5-7;1-2-4-5-3-1;2*1-2/h5H,4H2,1-3H3;5H,1-4H2;2*1-2H3. The summed E-state index contributed by atoms with van der Waals surface area (Å²) in [7, 11) is 0. The van der Waals surface area contributed by atoms with E-state index in [0.717, 1.165) is 6.29 Å². The van der Waals surface area contributed by atoms with E-state index in [4.69, 9.17) is 0 Å². The summed E-state index contributed by atoms with van der Waals surface area (Å²) in [5.41, 5.74) is 0.182. The molecule has 1 saturated heterocycles. The Hall–Kier alpha value is -0.370. The molecule has 0 aliphatic carbocycles. The second-order valence-corrected chi connectivity index (χ2v) is 4.39. The second-order valence-electron chi connectivity index (χ2n) is 4.39. The summed E-state index contributed by atoms with van der Waals surface area (Å²) in [5.74, 6) is 0. The maximum atomic E-state index is 9.82. The average Bonchev–Trinajstić information content (AvgIpc) is 2.80. The van der Waals surface area contributed by atoms with E-state index in [1.165, 1.54) is 25.9 Å². The van der Waals surface area contributed by atoms with Crippen LogP contribution in [-0.2, 0) is 4.79 Å². The molecule has 1 aliphatic heterocycles. The van der Waals surface area contributed by atoms with Gasteiger partial charge in [-0.1, -0.05) is 48.5 Å². The van der Waals surface area contributed by atoms with Gasteiger partial charge in [-0.3, -0.25) is 0 Å². The van der Waals surface area contributed by atoms with Crippen molar-refractivity contribution in [2.75, 3.05) is 13.1 Å². The molecule has 0 spiro atoms. The maximum absolute atomic E-state index is 9.82. The van der Waals surface area contributed by atoms with Gasteiger partial charge >= 0.3 is 0 Å². The summed E-state index contributed by atoms with van der Waals surface area (Å²) in [6, 6.07) is 0. The van der Waals surface area contributed by atoms with E-state index in [1.54, 1.807) is 0 Å². The van der Waals surface area contributed by atoms with Gasteiger partial charge in [0.15, 0.2) is 0 Å². The first-order valence-corrected chi connectivity index (χ1v) is 6.70. The molecule has 2 nitrogen and oxygen atoms in total. The molecule has 1 fully saturated rings. The van der Waals surface area contributed by atoms with Crippen molar-refractivity contribution in [3.8, 4) is 0 Å². The fourth-order valence-corrected chi connectivity index (χ4v) is 0.875. The Labute approximate surface area is 103 Å². The number of hydrogen-bond acceptors (Lipinski definition) is 2. The molecule has 0 atom stereocenters. The molecule has 1 aliphatic rings. The van der Waals surface area contributed by atoms with E-state index in [1.807, 2.05) is 48.5 Å². The normalized spacial score (nSPS) is 13.2. The predicted octanol–water partition coefficient (Wildman–Crippen LogP) is 4.04. The third-order valence-electron chi connectivity index (χ3n) is 1.65. The van der Waals surface area contributed by atoms with Crippen LogP contribution in [0.25, 0.3) is 0 Å². The van der Waals surface area contributed by atoms with Gasteiger partial charge < -0.3 is 10.1 Å². The van der Waals surface area contributed by atoms with E-state index in [0.29, 0.717) is 6.42 Å². The Kier molecular flexibility index (Phi) is 22.3. The zero-order valence-corrected chi connectivity index (χ0v) is 12.5. The number of nitrogens with one attached hydrogen (secondary N) is 1. The summed E-state index contributed by atoms with van der Waals surface area (Å²) in [6.45, 7) is 16.6. The minimum atomic E-state index is 0.182. The third kappa shape index (κ3) is 29.2. The number of carbonyl (C=O) groups excluding carboxylic acids is 1. The average molecular weight is 231 g/mol. The molecule has 0 saturated carbocycles. The van der Waals surface area contributed by atoms with Crippen LogP contribution in [0.3, 0.4) is 0 Å². The lowest BCUT2D eigenvalue weighted by atomic mass is 9.93. The molecule has 0 radical (unpaired) electrons. The van der Waals surface area contributed by atoms with Crippen LogP contribution in [0.2, 0.25) is 0 Å². The van der Waals surface area contributed by atoms with E-state index in [-0.39, 0.29) is 5.41 Å². The highest BCUT2D eigenvalue weighted by Crippen LogP contribution is 2.15. The number of rotatable bonds is 1. The van der Waals surface area contributed by atoms with Crippen LogP contribution in [0.5, 0.6) is 0 Å². The SMILES string of the molecule is C1CCNC1.CC.CC.CC(C)(C)CC=O. The lowest BCUT2D eigenvalue weighted by Gasteiger charge is -2.11. The first-order valence-electron chi connectivity index (χ1n) is 6.70. The summed E-state index contributed by atoms with van der Waals surface area (Å²) in [4.78, 5) is 9.82. The molecule has 0 amide bonds. The second kappa shape index (κ2) is 17.0. The van der Waals surface area contributed by atoms with Crippen LogP contribution in [0.4, 0.5) is 0 Å². The molecule has 0 aromatic rings. The monoisotopic (exact) mass is 231 g/mol. The molecule has 0 bridgehead atoms. The van der Waals surface area contributed by atoms with Gasteiger partial charge in [0.05, 0.1) is 0 Å². The van der Waals surface area contributed by atoms with Gasteiger partial charge in [-0.15, -0.1) is 0 Å². The molecule has 100 valence electrons. The molecule has 0 unspecified atom stereocenters. The smallest absolute Gasteiger partial charge is 0.120 e. The van der Waals surface area contributed by atoms with Crippen LogP contribution >= 0.6 is 0 Å². The van der Waals surface area contributed by atoms with Crippen LogP contribution in [0.1, 0.15) is 67.7 Å². The predicted molar refractivity (Wildman–Crippen MR) is 74.9 cm³/mol. The lowest BCUT2D eigenvalue weighted by molar-refractivity contribution is -0.109. The molecular formula is C14H33NO. The third-order valence-corrected chi connectivity index (χ3v) is 1.65. The van der Waals surface area contributed by atoms with Crippen molar-refractivity contribution < 1.29 is 4.79 Å². The fourth-order valence-electron chi connectivity index (χ4n) is 0.875. The minimum Gasteiger partial charge on any atom is -0.317 e. The number of aldehydes is 1. The van der Waals surface area contributed by atoms with E-state index >= 15 is 0 Å². The highest BCUT2D eigenvalue weighted by molar-refractivity contribution is 5.50. The molecule has 0 aromatic heterocycles. The molecule has 0 aromatic carbocycles. The van der Waals surface area contributed by atoms with E-state index in [2.05, 4.69) is 5.32 Å². The summed E-state index contributed by atoms with van der Waals surface area (Å²) in [6.07, 6.45) is 4.40. The summed E-state index contributed by atoms with van der Waals surface area (Å²) in [5, 5.41) is 3.22. The molecule has 2 heteroatoms. The number of hydrogen-bond donors (Lipinski definition) is 1. The van der Waals surface area contributed by atoms with Crippen LogP contribution in [-0.4, -0.2) is 19.4 Å². The molecule has 16 heavy (non-hydrogen) atoms. The van der Waals surface area contributed by atoms with Gasteiger partial charge in [-0.2, -0.15) is 0 Å². The number of carbonyl (C=O) groups is 1. The zero-order valence-electron chi connectivity index (χ0n) is 12.5. The molecule has 1 N–H and O–H groups in total. The molecule has 1 rings (SSSR count). The molecular weight excluding hydrogens is 198 g/mol. The molecule has 1 heterocycles. The van der Waals surface area contributed by atoms with Crippen molar-refractivity contribution >= 4 is 6.29 Å². The van der Waals surface area contributed by atoms with Crippen molar-refractivity contribution in [1.82, 2.24) is 5.32 Å². The van der Waals surface area contributed by atoms with E-state index < -0.39 is 0 Å². The highest BCUT2D eigenvalue weighted by Gasteiger charge is 2.06. The topological polar surface area (TPSA) is 29.1 Å². The Morgan fingerprint density at radius 1 is 1.00 bits per heavy atom. The van der Waals surface area contributed by atoms with E-state index in [9.17, 15) is 4.79 Å². The Morgan fingerprint density at radius 3 is 1.44 bits per heavy atom. The maximum Gasteiger partial charge on any atom is 0.120 e. The Balaban J connectivity index is -0.000000164. The fraction of sp³-hybridized carbons (Fsp3) is 0.929. The largest absolute Gasteiger partial charge is 0.317 e. The lowest BCUT2D eigenvalue weighted by Crippen LogP contribution is -2.04. The van der Waals surface area contributed by atoms with Gasteiger partial charge in [0, 0.05) is 6.42 Å². The van der Waals surface area contributed by atoms with Gasteiger partial charge in [0.2, 0.25) is 0 Å². The van der Waals surface area contributed by atoms with Crippen molar-refractivity contribution in [2.24, 2.45) is 5.41 Å². The minimum absolute atomic E-state index is 0.182. The first-order chi connectivity index (χ1) is 7.56. The van der Waals surface area contributed by atoms with Crippen molar-refractivity contribution in [2.45, 2.75) is 67.7 Å². The van der Waals surface area contributed by atoms with Crippen LogP contribution in [0.15, 0.2) is 0 Å². The first kappa shape index (κ1) is 21.0. The van der Waals surface area contributed by atoms with Crippen molar-refractivity contribution in [1.29, 1.82) is 0 Å². The van der Waals surface area contributed by atoms with Crippen molar-refractivity contribution in [3.63, 3.8) is 0 Å². The van der Waals surface area contributed by atoms with Crippen molar-refractivity contribution in [3.05, 3.63) is 0 Å². The highest BCUT2D eigenvalue weighted by atomic mass is 16.1. The van der Waals surface area contributed by atoms with Crippen LogP contribution in [0, 0.1) is 5.41 Å². The summed E-state index contributed by atoms with van der Waals surface area (Å²) >= 11 is 0. The van der Waals surface area contributed by atoms with Gasteiger partial charge in [0.25, 0.3) is 0 Å². The summed E-state index contributed by atoms with van der Waals surface area (Å²) < 4.78 is 0. The quantitative estimate of drug-likeness (QED) is 0.690. The van der Waals surface area contributed by atoms with Gasteiger partial charge in [0.1, 0.15) is 6.29 Å².